The van der Waals surface area contributed by atoms with Gasteiger partial charge in [0, 0.05) is 24.1 Å². The Morgan fingerprint density at radius 2 is 1.78 bits per heavy atom. The summed E-state index contributed by atoms with van der Waals surface area (Å²) < 4.78 is 62.6. The number of para-hydroxylation sites is 1. The molecule has 1 N–H and O–H groups in total. The molecule has 0 spiro atoms. The lowest BCUT2D eigenvalue weighted by Gasteiger charge is -2.26. The third kappa shape index (κ3) is 6.95. The van der Waals surface area contributed by atoms with Gasteiger partial charge in [0.25, 0.3) is 10.0 Å². The molecule has 3 aromatic rings. The van der Waals surface area contributed by atoms with E-state index in [0.29, 0.717) is 29.2 Å². The normalized spacial score (nSPS) is 12.2. The summed E-state index contributed by atoms with van der Waals surface area (Å²) >= 11 is 5.89. The van der Waals surface area contributed by atoms with Crippen LogP contribution in [0, 0.1) is 11.6 Å². The van der Waals surface area contributed by atoms with E-state index < -0.39 is 33.3 Å². The van der Waals surface area contributed by atoms with E-state index in [1.54, 1.807) is 24.3 Å². The summed E-state index contributed by atoms with van der Waals surface area (Å²) in [6.07, 6.45) is 0.608. The van der Waals surface area contributed by atoms with Crippen LogP contribution in [0.3, 0.4) is 0 Å². The molecule has 0 fully saturated rings. The predicted molar refractivity (Wildman–Crippen MR) is 134 cm³/mol. The third-order valence-corrected chi connectivity index (χ3v) is 7.64. The van der Waals surface area contributed by atoms with Crippen LogP contribution in [-0.4, -0.2) is 32.1 Å². The van der Waals surface area contributed by atoms with Crippen LogP contribution < -0.4 is 9.04 Å². The summed E-state index contributed by atoms with van der Waals surface area (Å²) in [7, 11) is -4.28. The van der Waals surface area contributed by atoms with Crippen LogP contribution in [0.25, 0.3) is 0 Å². The summed E-state index contributed by atoms with van der Waals surface area (Å²) in [4.78, 5) is 10.8. The second-order valence-corrected chi connectivity index (χ2v) is 10.4. The van der Waals surface area contributed by atoms with Crippen molar-refractivity contribution in [1.82, 2.24) is 0 Å². The van der Waals surface area contributed by atoms with Crippen molar-refractivity contribution in [2.75, 3.05) is 10.8 Å². The van der Waals surface area contributed by atoms with Crippen LogP contribution in [0.15, 0.2) is 71.6 Å². The molecule has 0 aromatic heterocycles. The van der Waals surface area contributed by atoms with E-state index in [1.165, 1.54) is 24.3 Å². The first-order valence-corrected chi connectivity index (χ1v) is 13.1. The molecule has 192 valence electrons. The number of hydrogen-bond donors (Lipinski definition) is 1. The van der Waals surface area contributed by atoms with Gasteiger partial charge in [0.05, 0.1) is 16.7 Å². The van der Waals surface area contributed by atoms with Crippen LogP contribution in [0.2, 0.25) is 5.02 Å². The Morgan fingerprint density at radius 3 is 2.44 bits per heavy atom. The maximum Gasteiger partial charge on any atom is 0.303 e. The van der Waals surface area contributed by atoms with E-state index in [0.717, 1.165) is 22.5 Å². The zero-order chi connectivity index (χ0) is 26.3. The average molecular weight is 538 g/mol. The highest BCUT2D eigenvalue weighted by molar-refractivity contribution is 7.92. The Morgan fingerprint density at radius 1 is 1.08 bits per heavy atom. The molecule has 0 bridgehead atoms. The molecule has 3 aromatic carbocycles. The highest BCUT2D eigenvalue weighted by Gasteiger charge is 2.28. The number of hydrogen-bond acceptors (Lipinski definition) is 4. The molecule has 0 aliphatic rings. The number of aliphatic carboxylic acids is 1. The summed E-state index contributed by atoms with van der Waals surface area (Å²) in [6, 6.07) is 15.0. The van der Waals surface area contributed by atoms with Gasteiger partial charge in [0.2, 0.25) is 0 Å². The first-order valence-electron chi connectivity index (χ1n) is 11.3. The summed E-state index contributed by atoms with van der Waals surface area (Å²) in [6.45, 7) is 1.67. The Bertz CT molecular complexity index is 1300. The highest BCUT2D eigenvalue weighted by Crippen LogP contribution is 2.30. The van der Waals surface area contributed by atoms with Gasteiger partial charge in [-0.2, -0.15) is 0 Å². The van der Waals surface area contributed by atoms with Crippen LogP contribution >= 0.6 is 11.6 Å². The zero-order valence-corrected chi connectivity index (χ0v) is 21.1. The number of benzene rings is 3. The molecule has 0 aliphatic heterocycles. The molecule has 1 atom stereocenters. The van der Waals surface area contributed by atoms with Crippen LogP contribution in [0.5, 0.6) is 5.75 Å². The van der Waals surface area contributed by atoms with Crippen molar-refractivity contribution in [2.45, 2.75) is 43.6 Å². The molecule has 1 unspecified atom stereocenters. The lowest BCUT2D eigenvalue weighted by atomic mass is 10.1. The number of halogens is 3. The van der Waals surface area contributed by atoms with E-state index >= 15 is 0 Å². The molecule has 0 saturated carbocycles. The van der Waals surface area contributed by atoms with Gasteiger partial charge in [-0.25, -0.2) is 17.2 Å². The minimum atomic E-state index is -4.28. The van der Waals surface area contributed by atoms with Crippen molar-refractivity contribution in [2.24, 2.45) is 0 Å². The van der Waals surface area contributed by atoms with E-state index in [4.69, 9.17) is 21.4 Å². The Balaban J connectivity index is 1.93. The van der Waals surface area contributed by atoms with Crippen molar-refractivity contribution in [3.8, 4) is 5.75 Å². The topological polar surface area (TPSA) is 83.9 Å². The van der Waals surface area contributed by atoms with Gasteiger partial charge in [-0.05, 0) is 67.3 Å². The number of carbonyl (C=O) groups is 1. The highest BCUT2D eigenvalue weighted by atomic mass is 35.5. The van der Waals surface area contributed by atoms with Crippen molar-refractivity contribution in [1.29, 1.82) is 0 Å². The maximum absolute atomic E-state index is 14.7. The van der Waals surface area contributed by atoms with E-state index in [2.05, 4.69) is 0 Å². The third-order valence-electron chi connectivity index (χ3n) is 5.56. The number of nitrogens with zero attached hydrogens (tertiary/aromatic N) is 1. The molecule has 3 rings (SSSR count). The molecule has 10 heteroatoms. The number of ether oxygens (including phenoxy) is 1. The van der Waals surface area contributed by atoms with E-state index in [-0.39, 0.29) is 30.4 Å². The SMILES string of the molecule is CCC(CCC(=O)O)Oc1ccccc1CCN(c1cc(F)ccc1F)S(=O)(=O)c1ccc(Cl)cc1. The number of carboxylic acids is 1. The second kappa shape index (κ2) is 12.2. The molecule has 0 radical (unpaired) electrons. The first kappa shape index (κ1) is 27.4. The minimum Gasteiger partial charge on any atom is -0.490 e. The zero-order valence-electron chi connectivity index (χ0n) is 19.5. The van der Waals surface area contributed by atoms with Crippen LogP contribution in [-0.2, 0) is 21.2 Å². The predicted octanol–water partition coefficient (Wildman–Crippen LogP) is 6.08. The van der Waals surface area contributed by atoms with Crippen molar-refractivity contribution in [3.63, 3.8) is 0 Å². The maximum atomic E-state index is 14.7. The molecular weight excluding hydrogens is 512 g/mol. The van der Waals surface area contributed by atoms with Crippen LogP contribution in [0.1, 0.15) is 31.7 Å². The lowest BCUT2D eigenvalue weighted by Crippen LogP contribution is -2.34. The summed E-state index contributed by atoms with van der Waals surface area (Å²) in [5, 5.41) is 9.31. The summed E-state index contributed by atoms with van der Waals surface area (Å²) in [5.74, 6) is -2.13. The molecule has 0 amide bonds. The monoisotopic (exact) mass is 537 g/mol. The number of carboxylic acid groups (broad SMARTS) is 1. The Labute approximate surface area is 214 Å². The van der Waals surface area contributed by atoms with Gasteiger partial charge in [0.1, 0.15) is 17.4 Å². The van der Waals surface area contributed by atoms with Gasteiger partial charge >= 0.3 is 5.97 Å². The minimum absolute atomic E-state index is 0.0490. The van der Waals surface area contributed by atoms with Crippen LogP contribution in [0.4, 0.5) is 14.5 Å². The quantitative estimate of drug-likeness (QED) is 0.303. The lowest BCUT2D eigenvalue weighted by molar-refractivity contribution is -0.137. The van der Waals surface area contributed by atoms with Gasteiger partial charge in [-0.15, -0.1) is 0 Å². The average Bonchev–Trinajstić information content (AvgIpc) is 2.84. The Hall–Kier alpha value is -3.17. The second-order valence-electron chi connectivity index (χ2n) is 8.07. The van der Waals surface area contributed by atoms with E-state index in [1.807, 2.05) is 6.92 Å². The fourth-order valence-corrected chi connectivity index (χ4v) is 5.23. The largest absolute Gasteiger partial charge is 0.490 e. The first-order chi connectivity index (χ1) is 17.1. The fraction of sp³-hybridized carbons (Fsp3) is 0.269. The molecule has 0 heterocycles. The molecule has 0 aliphatic carbocycles. The van der Waals surface area contributed by atoms with Crippen molar-refractivity contribution in [3.05, 3.63) is 89.0 Å². The van der Waals surface area contributed by atoms with Crippen molar-refractivity contribution < 1.29 is 31.8 Å². The van der Waals surface area contributed by atoms with Gasteiger partial charge in [0.15, 0.2) is 0 Å². The smallest absolute Gasteiger partial charge is 0.303 e. The van der Waals surface area contributed by atoms with Gasteiger partial charge in [-0.1, -0.05) is 36.7 Å². The van der Waals surface area contributed by atoms with Gasteiger partial charge < -0.3 is 9.84 Å². The summed E-state index contributed by atoms with van der Waals surface area (Å²) in [5.41, 5.74) is 0.218. The van der Waals surface area contributed by atoms with Gasteiger partial charge in [-0.3, -0.25) is 9.10 Å². The fourth-order valence-electron chi connectivity index (χ4n) is 3.64. The standard InChI is InChI=1S/C26H26ClF2NO5S/c1-2-21(10-14-26(31)32)35-25-6-4-3-5-18(25)15-16-30(24-17-20(28)9-13-23(24)29)36(33,34)22-11-7-19(27)8-12-22/h3-9,11-13,17,21H,2,10,14-16H2,1H3,(H,31,32). The van der Waals surface area contributed by atoms with Crippen molar-refractivity contribution >= 4 is 33.3 Å². The molecular formula is C26H26ClF2NO5S. The molecule has 6 nitrogen and oxygen atoms in total. The number of rotatable bonds is 12. The number of anilines is 1. The van der Waals surface area contributed by atoms with E-state index in [9.17, 15) is 22.0 Å². The molecule has 0 saturated heterocycles. The Kier molecular flexibility index (Phi) is 9.28. The number of sulfonamides is 1. The molecule has 36 heavy (non-hydrogen) atoms.